The summed E-state index contributed by atoms with van der Waals surface area (Å²) in [7, 11) is 0. The summed E-state index contributed by atoms with van der Waals surface area (Å²) in [5, 5.41) is 2.02. The Morgan fingerprint density at radius 2 is 1.08 bits per heavy atom. The molecule has 2 heterocycles. The first-order valence-corrected chi connectivity index (χ1v) is 8.88. The number of carbonyl (C=O) groups excluding carboxylic acids is 2. The summed E-state index contributed by atoms with van der Waals surface area (Å²) < 4.78 is 4.31. The number of hydrogen-bond acceptors (Lipinski definition) is 2. The number of aryl methyl sites for hydroxylation is 2. The Morgan fingerprint density at radius 3 is 1.50 bits per heavy atom. The van der Waals surface area contributed by atoms with Crippen molar-refractivity contribution in [2.45, 2.75) is 25.9 Å². The Hall–Kier alpha value is -3.14. The molecule has 4 nitrogen and oxygen atoms in total. The fourth-order valence-electron chi connectivity index (χ4n) is 3.67. The van der Waals surface area contributed by atoms with Crippen LogP contribution in [-0.4, -0.2) is 21.7 Å². The lowest BCUT2D eigenvalue weighted by Gasteiger charge is -2.07. The largest absolute Gasteiger partial charge is 0.347 e. The van der Waals surface area contributed by atoms with Crippen molar-refractivity contribution in [1.82, 2.24) is 9.13 Å². The van der Waals surface area contributed by atoms with Crippen LogP contribution in [0, 0.1) is 0 Å². The fourth-order valence-corrected chi connectivity index (χ4v) is 3.67. The first-order valence-electron chi connectivity index (χ1n) is 8.88. The molecule has 26 heavy (non-hydrogen) atoms. The number of carbonyl (C=O) groups is 2. The minimum Gasteiger partial charge on any atom is -0.347 e. The summed E-state index contributed by atoms with van der Waals surface area (Å²) in [6, 6.07) is 16.0. The van der Waals surface area contributed by atoms with Crippen LogP contribution in [0.3, 0.4) is 0 Å². The van der Waals surface area contributed by atoms with Gasteiger partial charge in [-0.05, 0) is 25.0 Å². The van der Waals surface area contributed by atoms with E-state index in [2.05, 4.69) is 21.3 Å². The average molecular weight is 344 g/mol. The van der Waals surface area contributed by atoms with Gasteiger partial charge in [-0.15, -0.1) is 0 Å². The Morgan fingerprint density at radius 1 is 0.654 bits per heavy atom. The second-order valence-corrected chi connectivity index (χ2v) is 6.53. The van der Waals surface area contributed by atoms with Crippen LogP contribution >= 0.6 is 0 Å². The maximum absolute atomic E-state index is 11.3. The Balaban J connectivity index is 1.47. The number of benzene rings is 2. The van der Waals surface area contributed by atoms with Gasteiger partial charge >= 0.3 is 0 Å². The van der Waals surface area contributed by atoms with E-state index >= 15 is 0 Å². The van der Waals surface area contributed by atoms with Crippen LogP contribution < -0.4 is 0 Å². The SMILES string of the molecule is O=Cc1cn(CCCCn2cc(C=O)c3ccccc32)c2ccccc12. The van der Waals surface area contributed by atoms with Crippen LogP contribution in [-0.2, 0) is 13.1 Å². The third kappa shape index (κ3) is 2.84. The van der Waals surface area contributed by atoms with E-state index in [1.165, 1.54) is 0 Å². The fraction of sp³-hybridized carbons (Fsp3) is 0.182. The summed E-state index contributed by atoms with van der Waals surface area (Å²) in [5.74, 6) is 0. The van der Waals surface area contributed by atoms with Crippen molar-refractivity contribution in [3.63, 3.8) is 0 Å². The minimum atomic E-state index is 0.743. The second kappa shape index (κ2) is 7.00. The maximum Gasteiger partial charge on any atom is 0.152 e. The van der Waals surface area contributed by atoms with Gasteiger partial charge < -0.3 is 9.13 Å². The van der Waals surface area contributed by atoms with E-state index in [0.717, 1.165) is 71.4 Å². The first-order chi connectivity index (χ1) is 12.8. The number of aldehydes is 2. The van der Waals surface area contributed by atoms with Crippen LogP contribution in [0.5, 0.6) is 0 Å². The van der Waals surface area contributed by atoms with Crippen molar-refractivity contribution in [1.29, 1.82) is 0 Å². The standard InChI is InChI=1S/C22H20N2O2/c25-15-17-13-23(21-9-3-1-7-19(17)21)11-5-6-12-24-14-18(16-26)20-8-2-4-10-22(20)24/h1-4,7-10,13-16H,5-6,11-12H2. The van der Waals surface area contributed by atoms with Crippen molar-refractivity contribution in [3.05, 3.63) is 72.1 Å². The van der Waals surface area contributed by atoms with E-state index in [9.17, 15) is 9.59 Å². The molecule has 0 bridgehead atoms. The predicted octanol–water partition coefficient (Wildman–Crippen LogP) is 4.70. The molecule has 4 rings (SSSR count). The zero-order chi connectivity index (χ0) is 17.9. The quantitative estimate of drug-likeness (QED) is 0.360. The van der Waals surface area contributed by atoms with Gasteiger partial charge in [-0.1, -0.05) is 36.4 Å². The third-order valence-corrected chi connectivity index (χ3v) is 4.94. The van der Waals surface area contributed by atoms with Gasteiger partial charge in [0.25, 0.3) is 0 Å². The number of hydrogen-bond donors (Lipinski definition) is 0. The van der Waals surface area contributed by atoms with Crippen LogP contribution in [0.15, 0.2) is 60.9 Å². The highest BCUT2D eigenvalue weighted by molar-refractivity contribution is 5.98. The summed E-state index contributed by atoms with van der Waals surface area (Å²) in [6.45, 7) is 1.74. The summed E-state index contributed by atoms with van der Waals surface area (Å²) in [4.78, 5) is 22.5. The number of para-hydroxylation sites is 2. The molecule has 0 saturated carbocycles. The smallest absolute Gasteiger partial charge is 0.152 e. The van der Waals surface area contributed by atoms with Gasteiger partial charge in [-0.2, -0.15) is 0 Å². The van der Waals surface area contributed by atoms with Crippen LogP contribution in [0.4, 0.5) is 0 Å². The molecule has 0 amide bonds. The van der Waals surface area contributed by atoms with Crippen molar-refractivity contribution in [2.75, 3.05) is 0 Å². The molecule has 0 aliphatic rings. The molecule has 0 atom stereocenters. The van der Waals surface area contributed by atoms with Gasteiger partial charge in [0, 0.05) is 58.4 Å². The Bertz CT molecular complexity index is 1000. The maximum atomic E-state index is 11.3. The molecule has 0 fully saturated rings. The highest BCUT2D eigenvalue weighted by Gasteiger charge is 2.08. The zero-order valence-electron chi connectivity index (χ0n) is 14.5. The first kappa shape index (κ1) is 16.3. The number of nitrogens with zero attached hydrogens (tertiary/aromatic N) is 2. The number of rotatable bonds is 7. The molecule has 0 unspecified atom stereocenters. The summed E-state index contributed by atoms with van der Waals surface area (Å²) in [5.41, 5.74) is 3.69. The number of fused-ring (bicyclic) bond motifs is 2. The highest BCUT2D eigenvalue weighted by Crippen LogP contribution is 2.22. The van der Waals surface area contributed by atoms with Crippen molar-refractivity contribution in [3.8, 4) is 0 Å². The van der Waals surface area contributed by atoms with E-state index in [1.54, 1.807) is 0 Å². The topological polar surface area (TPSA) is 44.0 Å². The molecule has 0 N–H and O–H groups in total. The van der Waals surface area contributed by atoms with Gasteiger partial charge in [-0.3, -0.25) is 9.59 Å². The third-order valence-electron chi connectivity index (χ3n) is 4.94. The van der Waals surface area contributed by atoms with Gasteiger partial charge in [-0.25, -0.2) is 0 Å². The molecule has 0 radical (unpaired) electrons. The number of aromatic nitrogens is 2. The predicted molar refractivity (Wildman–Crippen MR) is 104 cm³/mol. The molecule has 0 saturated heterocycles. The van der Waals surface area contributed by atoms with E-state index in [4.69, 9.17) is 0 Å². The van der Waals surface area contributed by atoms with Crippen LogP contribution in [0.25, 0.3) is 21.8 Å². The van der Waals surface area contributed by atoms with E-state index in [-0.39, 0.29) is 0 Å². The molecule has 0 aliphatic heterocycles. The lowest BCUT2D eigenvalue weighted by atomic mass is 10.2. The molecule has 2 aromatic heterocycles. The Kier molecular flexibility index (Phi) is 4.40. The van der Waals surface area contributed by atoms with Crippen molar-refractivity contribution in [2.24, 2.45) is 0 Å². The van der Waals surface area contributed by atoms with Gasteiger partial charge in [0.2, 0.25) is 0 Å². The monoisotopic (exact) mass is 344 g/mol. The Labute approximate surface area is 151 Å². The molecule has 0 aliphatic carbocycles. The number of unbranched alkanes of at least 4 members (excludes halogenated alkanes) is 1. The summed E-state index contributed by atoms with van der Waals surface area (Å²) >= 11 is 0. The normalized spacial score (nSPS) is 11.2. The lowest BCUT2D eigenvalue weighted by Crippen LogP contribution is -2.00. The van der Waals surface area contributed by atoms with Crippen LogP contribution in [0.1, 0.15) is 33.6 Å². The summed E-state index contributed by atoms with van der Waals surface area (Å²) in [6.07, 6.45) is 7.72. The molecule has 4 heteroatoms. The van der Waals surface area contributed by atoms with Crippen molar-refractivity contribution < 1.29 is 9.59 Å². The van der Waals surface area contributed by atoms with E-state index in [0.29, 0.717) is 0 Å². The molecule has 0 spiro atoms. The van der Waals surface area contributed by atoms with E-state index < -0.39 is 0 Å². The van der Waals surface area contributed by atoms with Gasteiger partial charge in [0.05, 0.1) is 0 Å². The van der Waals surface area contributed by atoms with Crippen LogP contribution in [0.2, 0.25) is 0 Å². The van der Waals surface area contributed by atoms with E-state index in [1.807, 2.05) is 48.8 Å². The van der Waals surface area contributed by atoms with Gasteiger partial charge in [0.1, 0.15) is 0 Å². The zero-order valence-corrected chi connectivity index (χ0v) is 14.5. The lowest BCUT2D eigenvalue weighted by molar-refractivity contribution is 0.111. The minimum absolute atomic E-state index is 0.743. The molecule has 130 valence electrons. The molecular formula is C22H20N2O2. The van der Waals surface area contributed by atoms with Crippen molar-refractivity contribution >= 4 is 34.4 Å². The average Bonchev–Trinajstić information content (AvgIpc) is 3.23. The van der Waals surface area contributed by atoms with Gasteiger partial charge in [0.15, 0.2) is 12.6 Å². The molecule has 4 aromatic rings. The second-order valence-electron chi connectivity index (χ2n) is 6.53. The molecular weight excluding hydrogens is 324 g/mol. The molecule has 2 aromatic carbocycles. The highest BCUT2D eigenvalue weighted by atomic mass is 16.1.